The molecule has 2 fully saturated rings. The predicted octanol–water partition coefficient (Wildman–Crippen LogP) is 2.11. The lowest BCUT2D eigenvalue weighted by Gasteiger charge is -2.37. The third-order valence-corrected chi connectivity index (χ3v) is 5.02. The molecule has 2 unspecified atom stereocenters. The van der Waals surface area contributed by atoms with Gasteiger partial charge in [0, 0.05) is 44.8 Å². The van der Waals surface area contributed by atoms with E-state index in [1.165, 1.54) is 25.9 Å². The molecular weight excluding hydrogens is 262 g/mol. The Bertz CT molecular complexity index is 300. The van der Waals surface area contributed by atoms with Crippen LogP contribution in [-0.4, -0.2) is 79.4 Å². The van der Waals surface area contributed by atoms with Crippen LogP contribution in [0.1, 0.15) is 40.5 Å². The maximum Gasteiger partial charge on any atom is 0.0995 e. The van der Waals surface area contributed by atoms with Gasteiger partial charge in [-0.05, 0) is 39.7 Å². The molecule has 2 heterocycles. The highest BCUT2D eigenvalue weighted by Crippen LogP contribution is 2.24. The molecule has 0 aromatic rings. The van der Waals surface area contributed by atoms with E-state index in [9.17, 15) is 0 Å². The van der Waals surface area contributed by atoms with Crippen LogP contribution >= 0.6 is 0 Å². The summed E-state index contributed by atoms with van der Waals surface area (Å²) in [7, 11) is 2.25. The van der Waals surface area contributed by atoms with E-state index in [1.807, 2.05) is 0 Å². The summed E-state index contributed by atoms with van der Waals surface area (Å²) in [5.74, 6) is 0.778. The van der Waals surface area contributed by atoms with Crippen molar-refractivity contribution in [2.75, 3.05) is 46.5 Å². The first kappa shape index (κ1) is 17.2. The van der Waals surface area contributed by atoms with Crippen LogP contribution in [-0.2, 0) is 4.74 Å². The minimum absolute atomic E-state index is 0.432. The van der Waals surface area contributed by atoms with Gasteiger partial charge in [-0.1, -0.05) is 13.8 Å². The average molecular weight is 297 g/mol. The summed E-state index contributed by atoms with van der Waals surface area (Å²) in [6, 6.07) is 1.39. The highest BCUT2D eigenvalue weighted by Gasteiger charge is 2.31. The van der Waals surface area contributed by atoms with Gasteiger partial charge in [-0.15, -0.1) is 0 Å². The van der Waals surface area contributed by atoms with Crippen molar-refractivity contribution in [3.05, 3.63) is 0 Å². The molecule has 2 rings (SSSR count). The number of piperazine rings is 1. The van der Waals surface area contributed by atoms with Crippen molar-refractivity contribution < 1.29 is 4.74 Å². The molecule has 0 aliphatic carbocycles. The fraction of sp³-hybridized carbons (Fsp3) is 1.00. The molecule has 0 aromatic carbocycles. The second-order valence-electron chi connectivity index (χ2n) is 7.62. The number of ether oxygens (including phenoxy) is 1. The van der Waals surface area contributed by atoms with Gasteiger partial charge in [0.15, 0.2) is 0 Å². The van der Waals surface area contributed by atoms with E-state index in [4.69, 9.17) is 4.74 Å². The van der Waals surface area contributed by atoms with Crippen LogP contribution in [0.25, 0.3) is 0 Å². The Labute approximate surface area is 131 Å². The summed E-state index contributed by atoms with van der Waals surface area (Å²) in [4.78, 5) is 7.51. The molecule has 0 saturated carbocycles. The van der Waals surface area contributed by atoms with Gasteiger partial charge in [-0.3, -0.25) is 9.80 Å². The van der Waals surface area contributed by atoms with Crippen LogP contribution in [0.3, 0.4) is 0 Å². The van der Waals surface area contributed by atoms with Crippen molar-refractivity contribution in [3.63, 3.8) is 0 Å². The minimum Gasteiger partial charge on any atom is -0.361 e. The van der Waals surface area contributed by atoms with Crippen LogP contribution in [0.4, 0.5) is 0 Å². The quantitative estimate of drug-likeness (QED) is 0.747. The number of hydrogen-bond acceptors (Lipinski definition) is 4. The standard InChI is InChI=1S/C17H35N3O/c1-14(2)10-16-11-17(12-18(16)5)21-13-19-6-8-20(9-7-19)15(3)4/h14-17H,6-13H2,1-5H3. The Kier molecular flexibility index (Phi) is 6.48. The van der Waals surface area contributed by atoms with Crippen molar-refractivity contribution in [2.24, 2.45) is 5.92 Å². The fourth-order valence-electron chi connectivity index (χ4n) is 3.59. The highest BCUT2D eigenvalue weighted by molar-refractivity contribution is 4.84. The first-order valence-corrected chi connectivity index (χ1v) is 8.74. The summed E-state index contributed by atoms with van der Waals surface area (Å²) in [5.41, 5.74) is 0. The number of likely N-dealkylation sites (tertiary alicyclic amines) is 1. The van der Waals surface area contributed by atoms with E-state index < -0.39 is 0 Å². The maximum absolute atomic E-state index is 6.19. The van der Waals surface area contributed by atoms with Crippen molar-refractivity contribution >= 4 is 0 Å². The molecule has 2 aliphatic heterocycles. The predicted molar refractivity (Wildman–Crippen MR) is 88.5 cm³/mol. The van der Waals surface area contributed by atoms with E-state index in [-0.39, 0.29) is 0 Å². The van der Waals surface area contributed by atoms with Gasteiger partial charge in [-0.25, -0.2) is 0 Å². The van der Waals surface area contributed by atoms with Gasteiger partial charge in [0.2, 0.25) is 0 Å². The van der Waals surface area contributed by atoms with Gasteiger partial charge in [0.1, 0.15) is 0 Å². The molecule has 0 N–H and O–H groups in total. The molecule has 4 heteroatoms. The molecule has 124 valence electrons. The SMILES string of the molecule is CC(C)CC1CC(OCN2CCN(C(C)C)CC2)CN1C. The van der Waals surface area contributed by atoms with Crippen LogP contribution in [0, 0.1) is 5.92 Å². The first-order chi connectivity index (χ1) is 9.95. The summed E-state index contributed by atoms with van der Waals surface area (Å²) >= 11 is 0. The normalized spacial score (nSPS) is 29.9. The fourth-order valence-corrected chi connectivity index (χ4v) is 3.59. The minimum atomic E-state index is 0.432. The smallest absolute Gasteiger partial charge is 0.0995 e. The molecule has 0 amide bonds. The number of rotatable bonds is 6. The topological polar surface area (TPSA) is 19.0 Å². The van der Waals surface area contributed by atoms with Crippen molar-refractivity contribution in [1.82, 2.24) is 14.7 Å². The second-order valence-corrected chi connectivity index (χ2v) is 7.62. The monoisotopic (exact) mass is 297 g/mol. The van der Waals surface area contributed by atoms with E-state index in [1.54, 1.807) is 0 Å². The molecule has 4 nitrogen and oxygen atoms in total. The third-order valence-electron chi connectivity index (χ3n) is 5.02. The Balaban J connectivity index is 1.66. The van der Waals surface area contributed by atoms with Crippen molar-refractivity contribution in [3.8, 4) is 0 Å². The van der Waals surface area contributed by atoms with E-state index >= 15 is 0 Å². The van der Waals surface area contributed by atoms with Crippen LogP contribution < -0.4 is 0 Å². The van der Waals surface area contributed by atoms with E-state index in [2.05, 4.69) is 49.4 Å². The van der Waals surface area contributed by atoms with Crippen LogP contribution in [0.5, 0.6) is 0 Å². The second kappa shape index (κ2) is 7.91. The molecule has 21 heavy (non-hydrogen) atoms. The first-order valence-electron chi connectivity index (χ1n) is 8.74. The number of hydrogen-bond donors (Lipinski definition) is 0. The van der Waals surface area contributed by atoms with Gasteiger partial charge in [0.25, 0.3) is 0 Å². The lowest BCUT2D eigenvalue weighted by Crippen LogP contribution is -2.49. The molecule has 0 bridgehead atoms. The summed E-state index contributed by atoms with van der Waals surface area (Å²) in [6.45, 7) is 15.8. The molecule has 0 spiro atoms. The molecule has 0 aromatic heterocycles. The van der Waals surface area contributed by atoms with E-state index in [0.29, 0.717) is 18.2 Å². The Morgan fingerprint density at radius 1 is 1.05 bits per heavy atom. The number of likely N-dealkylation sites (N-methyl/N-ethyl adjacent to an activating group) is 1. The lowest BCUT2D eigenvalue weighted by molar-refractivity contribution is -0.0370. The Morgan fingerprint density at radius 3 is 2.29 bits per heavy atom. The average Bonchev–Trinajstić information content (AvgIpc) is 2.77. The molecular formula is C17H35N3O. The zero-order valence-corrected chi connectivity index (χ0v) is 14.7. The third kappa shape index (κ3) is 5.20. The van der Waals surface area contributed by atoms with Crippen LogP contribution in [0.15, 0.2) is 0 Å². The van der Waals surface area contributed by atoms with Gasteiger partial charge >= 0.3 is 0 Å². The van der Waals surface area contributed by atoms with Gasteiger partial charge in [0.05, 0.1) is 12.8 Å². The number of nitrogens with zero attached hydrogens (tertiary/aromatic N) is 3. The largest absolute Gasteiger partial charge is 0.361 e. The maximum atomic E-state index is 6.19. The molecule has 2 saturated heterocycles. The zero-order valence-electron chi connectivity index (χ0n) is 14.7. The Hall–Kier alpha value is -0.160. The van der Waals surface area contributed by atoms with Crippen LogP contribution in [0.2, 0.25) is 0 Å². The van der Waals surface area contributed by atoms with Crippen molar-refractivity contribution in [1.29, 1.82) is 0 Å². The molecule has 2 aliphatic rings. The van der Waals surface area contributed by atoms with E-state index in [0.717, 1.165) is 32.3 Å². The van der Waals surface area contributed by atoms with Gasteiger partial charge < -0.3 is 9.64 Å². The molecule has 0 radical (unpaired) electrons. The Morgan fingerprint density at radius 2 is 1.71 bits per heavy atom. The summed E-state index contributed by atoms with van der Waals surface area (Å²) in [6.07, 6.45) is 2.94. The van der Waals surface area contributed by atoms with Crippen molar-refractivity contribution in [2.45, 2.75) is 58.7 Å². The summed E-state index contributed by atoms with van der Waals surface area (Å²) < 4.78 is 6.19. The lowest BCUT2D eigenvalue weighted by atomic mass is 10.0. The zero-order chi connectivity index (χ0) is 15.4. The van der Waals surface area contributed by atoms with Gasteiger partial charge in [-0.2, -0.15) is 0 Å². The highest BCUT2D eigenvalue weighted by atomic mass is 16.5. The molecule has 2 atom stereocenters. The summed E-state index contributed by atoms with van der Waals surface area (Å²) in [5, 5.41) is 0.